The Morgan fingerprint density at radius 3 is 2.88 bits per heavy atom. The number of hydrogen-bond acceptors (Lipinski definition) is 3. The van der Waals surface area contributed by atoms with E-state index in [0.29, 0.717) is 11.5 Å². The summed E-state index contributed by atoms with van der Waals surface area (Å²) in [6.07, 6.45) is 3.77. The largest absolute Gasteiger partial charge is 0.383 e. The Hall–Kier alpha value is -1.19. The van der Waals surface area contributed by atoms with Gasteiger partial charge in [-0.05, 0) is 30.4 Å². The van der Waals surface area contributed by atoms with Crippen molar-refractivity contribution in [3.8, 4) is 0 Å². The summed E-state index contributed by atoms with van der Waals surface area (Å²) in [5, 5.41) is 0. The zero-order valence-corrected chi connectivity index (χ0v) is 10.2. The molecule has 1 unspecified atom stereocenters. The third-order valence-electron chi connectivity index (χ3n) is 3.43. The second-order valence-corrected chi connectivity index (χ2v) is 4.68. The van der Waals surface area contributed by atoms with Crippen LogP contribution in [-0.2, 0) is 4.74 Å². The van der Waals surface area contributed by atoms with Crippen LogP contribution in [0.25, 0.3) is 0 Å². The van der Waals surface area contributed by atoms with Crippen molar-refractivity contribution in [2.24, 2.45) is 5.73 Å². The minimum Gasteiger partial charge on any atom is -0.383 e. The fourth-order valence-electron chi connectivity index (χ4n) is 2.16. The normalized spacial score (nSPS) is 17.5. The van der Waals surface area contributed by atoms with Crippen LogP contribution in [0, 0.1) is 0 Å². The average Bonchev–Trinajstić information content (AvgIpc) is 2.26. The molecular weight excluding hydrogens is 214 g/mol. The monoisotopic (exact) mass is 233 g/mol. The van der Waals surface area contributed by atoms with Crippen LogP contribution in [-0.4, -0.2) is 25.5 Å². The van der Waals surface area contributed by atoms with Gasteiger partial charge in [-0.3, -0.25) is 4.79 Å². The van der Waals surface area contributed by atoms with Gasteiger partial charge in [-0.2, -0.15) is 0 Å². The Morgan fingerprint density at radius 2 is 2.29 bits per heavy atom. The van der Waals surface area contributed by atoms with Crippen LogP contribution < -0.4 is 5.73 Å². The molecule has 1 atom stereocenters. The van der Waals surface area contributed by atoms with Gasteiger partial charge in [-0.15, -0.1) is 0 Å². The van der Waals surface area contributed by atoms with Gasteiger partial charge in [-0.25, -0.2) is 0 Å². The van der Waals surface area contributed by atoms with Crippen LogP contribution in [0.15, 0.2) is 24.3 Å². The molecule has 3 heteroatoms. The molecule has 2 rings (SSSR count). The smallest absolute Gasteiger partial charge is 0.181 e. The van der Waals surface area contributed by atoms with Crippen molar-refractivity contribution in [2.75, 3.05) is 13.7 Å². The maximum atomic E-state index is 12.0. The number of benzene rings is 1. The third-order valence-corrected chi connectivity index (χ3v) is 3.43. The van der Waals surface area contributed by atoms with Gasteiger partial charge in [0, 0.05) is 12.7 Å². The average molecular weight is 233 g/mol. The van der Waals surface area contributed by atoms with E-state index in [1.165, 1.54) is 24.8 Å². The fourth-order valence-corrected chi connectivity index (χ4v) is 2.16. The van der Waals surface area contributed by atoms with Gasteiger partial charge in [0.2, 0.25) is 0 Å². The topological polar surface area (TPSA) is 52.3 Å². The van der Waals surface area contributed by atoms with E-state index >= 15 is 0 Å². The number of Topliss-reactive ketones (excluding diaryl/α,β-unsaturated/α-hetero) is 1. The molecule has 0 bridgehead atoms. The van der Waals surface area contributed by atoms with Gasteiger partial charge < -0.3 is 10.5 Å². The Kier molecular flexibility index (Phi) is 3.92. The lowest BCUT2D eigenvalue weighted by Crippen LogP contribution is -2.34. The number of carbonyl (C=O) groups is 1. The van der Waals surface area contributed by atoms with Crippen LogP contribution >= 0.6 is 0 Å². The molecular formula is C14H19NO2. The van der Waals surface area contributed by atoms with Crippen LogP contribution in [0.1, 0.15) is 41.1 Å². The molecule has 1 saturated carbocycles. The van der Waals surface area contributed by atoms with E-state index in [1.807, 2.05) is 18.2 Å². The fraction of sp³-hybridized carbons (Fsp3) is 0.500. The maximum absolute atomic E-state index is 12.0. The summed E-state index contributed by atoms with van der Waals surface area (Å²) in [6.45, 7) is 0.270. The summed E-state index contributed by atoms with van der Waals surface area (Å²) in [5.74, 6) is 0.606. The molecule has 2 N–H and O–H groups in total. The lowest BCUT2D eigenvalue weighted by molar-refractivity contribution is 0.0892. The second-order valence-electron chi connectivity index (χ2n) is 4.68. The highest BCUT2D eigenvalue weighted by Crippen LogP contribution is 2.36. The first-order chi connectivity index (χ1) is 8.22. The highest BCUT2D eigenvalue weighted by atomic mass is 16.5. The van der Waals surface area contributed by atoms with E-state index in [4.69, 9.17) is 10.5 Å². The van der Waals surface area contributed by atoms with Crippen molar-refractivity contribution in [1.82, 2.24) is 0 Å². The molecule has 1 aromatic carbocycles. The van der Waals surface area contributed by atoms with Gasteiger partial charge in [0.1, 0.15) is 0 Å². The molecule has 0 heterocycles. The molecule has 1 aliphatic rings. The molecule has 1 fully saturated rings. The zero-order valence-electron chi connectivity index (χ0n) is 10.2. The van der Waals surface area contributed by atoms with Crippen molar-refractivity contribution in [1.29, 1.82) is 0 Å². The number of hydrogen-bond donors (Lipinski definition) is 1. The van der Waals surface area contributed by atoms with E-state index in [-0.39, 0.29) is 12.4 Å². The molecule has 92 valence electrons. The van der Waals surface area contributed by atoms with Crippen LogP contribution in [0.5, 0.6) is 0 Å². The second kappa shape index (κ2) is 5.43. The molecule has 0 spiro atoms. The molecule has 1 aromatic rings. The Bertz CT molecular complexity index is 399. The molecule has 3 nitrogen and oxygen atoms in total. The number of carbonyl (C=O) groups excluding carboxylic acids is 1. The SMILES string of the molecule is COCC(N)C(=O)c1cccc(C2CCC2)c1. The lowest BCUT2D eigenvalue weighted by Gasteiger charge is -2.26. The Morgan fingerprint density at radius 1 is 1.53 bits per heavy atom. The summed E-state index contributed by atoms with van der Waals surface area (Å²) in [7, 11) is 1.55. The highest BCUT2D eigenvalue weighted by molar-refractivity contribution is 6.00. The summed E-state index contributed by atoms with van der Waals surface area (Å²) in [5.41, 5.74) is 7.74. The Balaban J connectivity index is 2.12. The minimum atomic E-state index is -0.559. The van der Waals surface area contributed by atoms with Gasteiger partial charge >= 0.3 is 0 Å². The standard InChI is InChI=1S/C14H19NO2/c1-17-9-13(15)14(16)12-7-3-6-11(8-12)10-4-2-5-10/h3,6-8,10,13H,2,4-5,9,15H2,1H3. The molecule has 1 aliphatic carbocycles. The predicted octanol–water partition coefficient (Wildman–Crippen LogP) is 2.11. The number of ketones is 1. The van der Waals surface area contributed by atoms with Crippen LogP contribution in [0.3, 0.4) is 0 Å². The lowest BCUT2D eigenvalue weighted by atomic mass is 9.79. The van der Waals surface area contributed by atoms with E-state index in [2.05, 4.69) is 6.07 Å². The predicted molar refractivity (Wildman–Crippen MR) is 67.2 cm³/mol. The minimum absolute atomic E-state index is 0.0342. The zero-order chi connectivity index (χ0) is 12.3. The van der Waals surface area contributed by atoms with Gasteiger partial charge in [0.15, 0.2) is 5.78 Å². The van der Waals surface area contributed by atoms with E-state index < -0.39 is 6.04 Å². The molecule has 0 saturated heterocycles. The van der Waals surface area contributed by atoms with Crippen molar-refractivity contribution >= 4 is 5.78 Å². The molecule has 0 aromatic heterocycles. The first-order valence-corrected chi connectivity index (χ1v) is 6.11. The van der Waals surface area contributed by atoms with Gasteiger partial charge in [-0.1, -0.05) is 24.6 Å². The summed E-state index contributed by atoms with van der Waals surface area (Å²) in [6, 6.07) is 7.31. The first-order valence-electron chi connectivity index (χ1n) is 6.11. The maximum Gasteiger partial charge on any atom is 0.181 e. The van der Waals surface area contributed by atoms with E-state index in [9.17, 15) is 4.79 Å². The third kappa shape index (κ3) is 2.73. The van der Waals surface area contributed by atoms with Gasteiger partial charge in [0.05, 0.1) is 12.6 Å². The van der Waals surface area contributed by atoms with Crippen molar-refractivity contribution in [3.05, 3.63) is 35.4 Å². The summed E-state index contributed by atoms with van der Waals surface area (Å²) < 4.78 is 4.91. The Labute approximate surface area is 102 Å². The molecule has 0 radical (unpaired) electrons. The molecule has 17 heavy (non-hydrogen) atoms. The number of nitrogens with two attached hydrogens (primary N) is 1. The van der Waals surface area contributed by atoms with Gasteiger partial charge in [0.25, 0.3) is 0 Å². The highest BCUT2D eigenvalue weighted by Gasteiger charge is 2.21. The quantitative estimate of drug-likeness (QED) is 0.792. The van der Waals surface area contributed by atoms with E-state index in [0.717, 1.165) is 0 Å². The van der Waals surface area contributed by atoms with Crippen LogP contribution in [0.4, 0.5) is 0 Å². The number of rotatable bonds is 5. The number of methoxy groups -OCH3 is 1. The van der Waals surface area contributed by atoms with Crippen molar-refractivity contribution < 1.29 is 9.53 Å². The first kappa shape index (κ1) is 12.3. The van der Waals surface area contributed by atoms with Crippen molar-refractivity contribution in [3.63, 3.8) is 0 Å². The van der Waals surface area contributed by atoms with Crippen molar-refractivity contribution in [2.45, 2.75) is 31.2 Å². The number of ether oxygens (including phenoxy) is 1. The summed E-state index contributed by atoms with van der Waals surface area (Å²) in [4.78, 5) is 12.0. The van der Waals surface area contributed by atoms with E-state index in [1.54, 1.807) is 7.11 Å². The molecule has 0 aliphatic heterocycles. The summed E-state index contributed by atoms with van der Waals surface area (Å²) >= 11 is 0. The van der Waals surface area contributed by atoms with Crippen LogP contribution in [0.2, 0.25) is 0 Å². The molecule has 0 amide bonds.